The summed E-state index contributed by atoms with van der Waals surface area (Å²) in [4.78, 5) is 23.1. The van der Waals surface area contributed by atoms with Gasteiger partial charge in [0.05, 0.1) is 5.92 Å². The largest absolute Gasteiger partial charge is 0.481 e. The normalized spacial score (nSPS) is 11.9. The van der Waals surface area contributed by atoms with Crippen LogP contribution in [0, 0.1) is 5.92 Å². The zero-order valence-electron chi connectivity index (χ0n) is 9.40. The number of likely N-dealkylation sites (N-methyl/N-ethyl adjacent to an activating group) is 1. The van der Waals surface area contributed by atoms with Crippen molar-refractivity contribution in [3.63, 3.8) is 0 Å². The van der Waals surface area contributed by atoms with Crippen LogP contribution in [0.1, 0.15) is 26.2 Å². The monoisotopic (exact) mass is 213 g/mol. The zero-order chi connectivity index (χ0) is 11.8. The molecular weight excluding hydrogens is 194 g/mol. The molecule has 0 spiro atoms. The van der Waals surface area contributed by atoms with Crippen molar-refractivity contribution in [2.45, 2.75) is 26.2 Å². The highest BCUT2D eigenvalue weighted by atomic mass is 16.4. The Kier molecular flexibility index (Phi) is 6.42. The van der Waals surface area contributed by atoms with Crippen molar-refractivity contribution >= 4 is 11.9 Å². The van der Waals surface area contributed by atoms with Crippen LogP contribution in [0.3, 0.4) is 0 Å². The number of hydrogen-bond donors (Lipinski definition) is 1. The molecule has 0 bridgehead atoms. The van der Waals surface area contributed by atoms with Gasteiger partial charge in [-0.15, -0.1) is 0 Å². The van der Waals surface area contributed by atoms with Crippen LogP contribution in [0.2, 0.25) is 0 Å². The molecule has 0 aromatic rings. The molecule has 0 fully saturated rings. The minimum Gasteiger partial charge on any atom is -0.481 e. The number of unbranched alkanes of at least 4 members (excludes halogenated alkanes) is 1. The molecule has 0 aliphatic rings. The fraction of sp³-hybridized carbons (Fsp3) is 0.636. The Morgan fingerprint density at radius 1 is 1.47 bits per heavy atom. The van der Waals surface area contributed by atoms with Crippen molar-refractivity contribution in [3.05, 3.63) is 12.7 Å². The molecule has 4 nitrogen and oxygen atoms in total. The second kappa shape index (κ2) is 7.04. The van der Waals surface area contributed by atoms with Crippen molar-refractivity contribution in [2.75, 3.05) is 13.6 Å². The maximum atomic E-state index is 11.1. The summed E-state index contributed by atoms with van der Waals surface area (Å²) in [5, 5.41) is 8.64. The summed E-state index contributed by atoms with van der Waals surface area (Å²) < 4.78 is 0. The Labute approximate surface area is 90.6 Å². The van der Waals surface area contributed by atoms with E-state index in [-0.39, 0.29) is 11.8 Å². The van der Waals surface area contributed by atoms with Crippen LogP contribution in [0.4, 0.5) is 0 Å². The van der Waals surface area contributed by atoms with Gasteiger partial charge >= 0.3 is 5.97 Å². The fourth-order valence-corrected chi connectivity index (χ4v) is 1.19. The number of aliphatic carboxylic acids is 1. The van der Waals surface area contributed by atoms with Gasteiger partial charge in [0.15, 0.2) is 0 Å². The molecule has 86 valence electrons. The topological polar surface area (TPSA) is 57.6 Å². The van der Waals surface area contributed by atoms with Gasteiger partial charge < -0.3 is 10.0 Å². The lowest BCUT2D eigenvalue weighted by atomic mass is 10.0. The maximum Gasteiger partial charge on any atom is 0.306 e. The molecule has 0 rings (SSSR count). The highest BCUT2D eigenvalue weighted by Crippen LogP contribution is 2.08. The Morgan fingerprint density at radius 2 is 2.07 bits per heavy atom. The molecular formula is C11H19NO3. The van der Waals surface area contributed by atoms with E-state index >= 15 is 0 Å². The van der Waals surface area contributed by atoms with Crippen LogP contribution < -0.4 is 0 Å². The van der Waals surface area contributed by atoms with Gasteiger partial charge in [-0.05, 0) is 18.9 Å². The summed E-state index contributed by atoms with van der Waals surface area (Å²) in [6.45, 7) is 5.74. The van der Waals surface area contributed by atoms with E-state index in [2.05, 4.69) is 6.58 Å². The lowest BCUT2D eigenvalue weighted by Gasteiger charge is -2.14. The number of carboxylic acids is 1. The first kappa shape index (κ1) is 13.7. The molecule has 0 saturated carbocycles. The molecule has 1 atom stereocenters. The van der Waals surface area contributed by atoms with Crippen molar-refractivity contribution < 1.29 is 14.7 Å². The van der Waals surface area contributed by atoms with Crippen LogP contribution in [-0.2, 0) is 9.59 Å². The number of carbonyl (C=O) groups excluding carboxylic acids is 1. The smallest absolute Gasteiger partial charge is 0.306 e. The first-order valence-corrected chi connectivity index (χ1v) is 5.09. The van der Waals surface area contributed by atoms with Crippen molar-refractivity contribution in [2.24, 2.45) is 5.92 Å². The van der Waals surface area contributed by atoms with Gasteiger partial charge in [0, 0.05) is 13.6 Å². The third kappa shape index (κ3) is 5.88. The summed E-state index contributed by atoms with van der Waals surface area (Å²) in [5.74, 6) is -1.16. The van der Waals surface area contributed by atoms with E-state index in [1.54, 1.807) is 18.9 Å². The Balaban J connectivity index is 3.58. The van der Waals surface area contributed by atoms with Gasteiger partial charge in [0.25, 0.3) is 0 Å². The summed E-state index contributed by atoms with van der Waals surface area (Å²) >= 11 is 0. The predicted octanol–water partition coefficient (Wildman–Crippen LogP) is 1.52. The molecule has 0 aromatic heterocycles. The van der Waals surface area contributed by atoms with E-state index in [1.165, 1.54) is 6.08 Å². The number of rotatable bonds is 7. The SMILES string of the molecule is C=CC(=O)N(C)CCCCC(C)C(=O)O. The second-order valence-corrected chi connectivity index (χ2v) is 3.70. The predicted molar refractivity (Wildman–Crippen MR) is 58.5 cm³/mol. The third-order valence-electron chi connectivity index (χ3n) is 2.35. The van der Waals surface area contributed by atoms with Crippen LogP contribution in [0.15, 0.2) is 12.7 Å². The van der Waals surface area contributed by atoms with Gasteiger partial charge in [0.2, 0.25) is 5.91 Å². The van der Waals surface area contributed by atoms with Crippen LogP contribution >= 0.6 is 0 Å². The Morgan fingerprint density at radius 3 is 2.53 bits per heavy atom. The van der Waals surface area contributed by atoms with Crippen LogP contribution in [0.25, 0.3) is 0 Å². The van der Waals surface area contributed by atoms with Gasteiger partial charge in [-0.1, -0.05) is 19.9 Å². The van der Waals surface area contributed by atoms with Crippen molar-refractivity contribution in [1.29, 1.82) is 0 Å². The molecule has 0 aliphatic carbocycles. The van der Waals surface area contributed by atoms with Gasteiger partial charge in [-0.3, -0.25) is 9.59 Å². The molecule has 1 amide bonds. The number of carbonyl (C=O) groups is 2. The lowest BCUT2D eigenvalue weighted by molar-refractivity contribution is -0.141. The number of amides is 1. The Bertz CT molecular complexity index is 238. The number of carboxylic acid groups (broad SMARTS) is 1. The molecule has 1 unspecified atom stereocenters. The fourth-order valence-electron chi connectivity index (χ4n) is 1.19. The van der Waals surface area contributed by atoms with Gasteiger partial charge in [-0.2, -0.15) is 0 Å². The lowest BCUT2D eigenvalue weighted by Crippen LogP contribution is -2.25. The highest BCUT2D eigenvalue weighted by molar-refractivity contribution is 5.86. The zero-order valence-corrected chi connectivity index (χ0v) is 9.40. The van der Waals surface area contributed by atoms with E-state index in [4.69, 9.17) is 5.11 Å². The van der Waals surface area contributed by atoms with Crippen LogP contribution in [-0.4, -0.2) is 35.5 Å². The third-order valence-corrected chi connectivity index (χ3v) is 2.35. The van der Waals surface area contributed by atoms with Crippen molar-refractivity contribution in [1.82, 2.24) is 4.90 Å². The highest BCUT2D eigenvalue weighted by Gasteiger charge is 2.10. The minimum atomic E-state index is -0.759. The molecule has 0 aromatic carbocycles. The number of hydrogen-bond acceptors (Lipinski definition) is 2. The molecule has 4 heteroatoms. The summed E-state index contributed by atoms with van der Waals surface area (Å²) in [7, 11) is 1.71. The summed E-state index contributed by atoms with van der Waals surface area (Å²) in [6, 6.07) is 0. The summed E-state index contributed by atoms with van der Waals surface area (Å²) in [6.07, 6.45) is 3.58. The number of nitrogens with zero attached hydrogens (tertiary/aromatic N) is 1. The molecule has 0 radical (unpaired) electrons. The Hall–Kier alpha value is -1.32. The van der Waals surface area contributed by atoms with Gasteiger partial charge in [-0.25, -0.2) is 0 Å². The van der Waals surface area contributed by atoms with E-state index in [9.17, 15) is 9.59 Å². The average molecular weight is 213 g/mol. The van der Waals surface area contributed by atoms with Crippen molar-refractivity contribution in [3.8, 4) is 0 Å². The molecule has 15 heavy (non-hydrogen) atoms. The first-order chi connectivity index (χ1) is 6.99. The molecule has 0 heterocycles. The first-order valence-electron chi connectivity index (χ1n) is 5.09. The molecule has 0 aliphatic heterocycles. The molecule has 1 N–H and O–H groups in total. The van der Waals surface area contributed by atoms with E-state index in [0.717, 1.165) is 12.8 Å². The van der Waals surface area contributed by atoms with E-state index < -0.39 is 5.97 Å². The summed E-state index contributed by atoms with van der Waals surface area (Å²) in [5.41, 5.74) is 0. The minimum absolute atomic E-state index is 0.0960. The molecule has 0 saturated heterocycles. The van der Waals surface area contributed by atoms with Gasteiger partial charge in [0.1, 0.15) is 0 Å². The van der Waals surface area contributed by atoms with E-state index in [0.29, 0.717) is 13.0 Å². The van der Waals surface area contributed by atoms with E-state index in [1.807, 2.05) is 0 Å². The second-order valence-electron chi connectivity index (χ2n) is 3.70. The maximum absolute atomic E-state index is 11.1. The standard InChI is InChI=1S/C11H19NO3/c1-4-10(13)12(3)8-6-5-7-9(2)11(14)15/h4,9H,1,5-8H2,2-3H3,(H,14,15). The average Bonchev–Trinajstić information content (AvgIpc) is 2.22. The quantitative estimate of drug-likeness (QED) is 0.515. The van der Waals surface area contributed by atoms with Crippen LogP contribution in [0.5, 0.6) is 0 Å².